The minimum atomic E-state index is -0.914. The lowest BCUT2D eigenvalue weighted by Crippen LogP contribution is -2.53. The number of ketones is 2. The van der Waals surface area contributed by atoms with Gasteiger partial charge in [0.2, 0.25) is 0 Å². The summed E-state index contributed by atoms with van der Waals surface area (Å²) in [5.74, 6) is -1.97. The second-order valence-corrected chi connectivity index (χ2v) is 6.96. The van der Waals surface area contributed by atoms with Gasteiger partial charge in [-0.05, 0) is 24.2 Å². The fourth-order valence-electron chi connectivity index (χ4n) is 5.57. The van der Waals surface area contributed by atoms with Gasteiger partial charge in [0.1, 0.15) is 11.6 Å². The van der Waals surface area contributed by atoms with Gasteiger partial charge in [0.25, 0.3) is 0 Å². The zero-order valence-corrected chi connectivity index (χ0v) is 11.6. The summed E-state index contributed by atoms with van der Waals surface area (Å²) in [6.45, 7) is 5.55. The van der Waals surface area contributed by atoms with E-state index in [1.807, 2.05) is 6.92 Å². The van der Waals surface area contributed by atoms with Crippen LogP contribution in [0.25, 0.3) is 0 Å². The first-order chi connectivity index (χ1) is 8.76. The van der Waals surface area contributed by atoms with Crippen LogP contribution in [-0.4, -0.2) is 22.6 Å². The van der Waals surface area contributed by atoms with Gasteiger partial charge < -0.3 is 5.11 Å². The van der Waals surface area contributed by atoms with Gasteiger partial charge in [0.05, 0.1) is 5.92 Å². The summed E-state index contributed by atoms with van der Waals surface area (Å²) in [6, 6.07) is 0. The molecule has 6 atom stereocenters. The van der Waals surface area contributed by atoms with Gasteiger partial charge >= 0.3 is 5.97 Å². The molecule has 0 saturated heterocycles. The maximum atomic E-state index is 12.8. The van der Waals surface area contributed by atoms with Crippen molar-refractivity contribution in [2.24, 2.45) is 34.5 Å². The Balaban J connectivity index is 2.19. The van der Waals surface area contributed by atoms with Crippen LogP contribution in [0.2, 0.25) is 0 Å². The standard InChI is InChI=1S/C15H20O4/c1-7-11-9(16)6-10-14(11,3)4-5-15(10,12(7)17)8(2)13(18)19/h7-8,10-11H,4-6H2,1-3H3,(H,18,19)/t7-,8+,10+,11-,14+,15+/m1/s1. The van der Waals surface area contributed by atoms with Crippen LogP contribution < -0.4 is 0 Å². The summed E-state index contributed by atoms with van der Waals surface area (Å²) in [6.07, 6.45) is 1.84. The highest BCUT2D eigenvalue weighted by Crippen LogP contribution is 2.71. The third-order valence-electron chi connectivity index (χ3n) is 6.47. The van der Waals surface area contributed by atoms with Crippen molar-refractivity contribution >= 4 is 17.5 Å². The lowest BCUT2D eigenvalue weighted by atomic mass is 9.54. The van der Waals surface area contributed by atoms with Crippen molar-refractivity contribution in [3.05, 3.63) is 0 Å². The van der Waals surface area contributed by atoms with Gasteiger partial charge in [-0.1, -0.05) is 20.8 Å². The topological polar surface area (TPSA) is 71.4 Å². The largest absolute Gasteiger partial charge is 0.481 e. The molecule has 0 spiro atoms. The fourth-order valence-corrected chi connectivity index (χ4v) is 5.57. The minimum absolute atomic E-state index is 0.0261. The first kappa shape index (κ1) is 12.8. The molecule has 3 aliphatic rings. The normalized spacial score (nSPS) is 49.5. The molecule has 0 amide bonds. The highest BCUT2D eigenvalue weighted by atomic mass is 16.4. The lowest BCUT2D eigenvalue weighted by molar-refractivity contribution is -0.160. The van der Waals surface area contributed by atoms with E-state index in [2.05, 4.69) is 6.92 Å². The van der Waals surface area contributed by atoms with Gasteiger partial charge in [-0.2, -0.15) is 0 Å². The zero-order valence-electron chi connectivity index (χ0n) is 11.6. The van der Waals surface area contributed by atoms with Crippen molar-refractivity contribution in [1.29, 1.82) is 0 Å². The Morgan fingerprint density at radius 1 is 1.37 bits per heavy atom. The summed E-state index contributed by atoms with van der Waals surface area (Å²) in [5.41, 5.74) is -0.962. The van der Waals surface area contributed by atoms with Gasteiger partial charge in [-0.3, -0.25) is 14.4 Å². The number of carboxylic acid groups (broad SMARTS) is 1. The van der Waals surface area contributed by atoms with Crippen molar-refractivity contribution < 1.29 is 19.5 Å². The highest BCUT2D eigenvalue weighted by Gasteiger charge is 2.73. The van der Waals surface area contributed by atoms with Crippen LogP contribution in [0.4, 0.5) is 0 Å². The average Bonchev–Trinajstić information content (AvgIpc) is 2.70. The predicted molar refractivity (Wildman–Crippen MR) is 67.3 cm³/mol. The molecule has 3 rings (SSSR count). The molecular formula is C15H20O4. The van der Waals surface area contributed by atoms with E-state index in [1.54, 1.807) is 6.92 Å². The molecule has 104 valence electrons. The number of aliphatic carboxylic acids is 1. The van der Waals surface area contributed by atoms with E-state index in [0.29, 0.717) is 12.8 Å². The average molecular weight is 264 g/mol. The van der Waals surface area contributed by atoms with Gasteiger partial charge in [0, 0.05) is 23.7 Å². The van der Waals surface area contributed by atoms with Crippen molar-refractivity contribution in [3.63, 3.8) is 0 Å². The molecule has 4 bridgehead atoms. The first-order valence-corrected chi connectivity index (χ1v) is 7.06. The third kappa shape index (κ3) is 1.18. The maximum Gasteiger partial charge on any atom is 0.307 e. The van der Waals surface area contributed by atoms with Gasteiger partial charge in [-0.25, -0.2) is 0 Å². The minimum Gasteiger partial charge on any atom is -0.481 e. The number of carboxylic acids is 1. The second-order valence-electron chi connectivity index (χ2n) is 6.96. The third-order valence-corrected chi connectivity index (χ3v) is 6.47. The van der Waals surface area contributed by atoms with Crippen LogP contribution in [0.5, 0.6) is 0 Å². The highest BCUT2D eigenvalue weighted by molar-refractivity contribution is 6.01. The molecule has 1 N–H and O–H groups in total. The summed E-state index contributed by atoms with van der Waals surface area (Å²) < 4.78 is 0. The van der Waals surface area contributed by atoms with Crippen molar-refractivity contribution in [1.82, 2.24) is 0 Å². The molecule has 0 aromatic rings. The van der Waals surface area contributed by atoms with E-state index < -0.39 is 17.3 Å². The summed E-state index contributed by atoms with van der Waals surface area (Å²) >= 11 is 0. The maximum absolute atomic E-state index is 12.8. The molecule has 4 heteroatoms. The van der Waals surface area contributed by atoms with Crippen LogP contribution in [0, 0.1) is 34.5 Å². The predicted octanol–water partition coefficient (Wildman–Crippen LogP) is 1.92. The van der Waals surface area contributed by atoms with E-state index in [-0.39, 0.29) is 34.7 Å². The Morgan fingerprint density at radius 3 is 2.58 bits per heavy atom. The quantitative estimate of drug-likeness (QED) is 0.827. The SMILES string of the molecule is C[C@H]1C(=O)[C@]2([C@@H](C)C(=O)O)CC[C@]3(C)[C@H]1C(=O)C[C@@H]32. The van der Waals surface area contributed by atoms with Crippen molar-refractivity contribution in [2.75, 3.05) is 0 Å². The summed E-state index contributed by atoms with van der Waals surface area (Å²) in [4.78, 5) is 36.5. The Kier molecular flexibility index (Phi) is 2.34. The molecule has 0 heterocycles. The second kappa shape index (κ2) is 3.47. The van der Waals surface area contributed by atoms with Crippen LogP contribution in [0.1, 0.15) is 40.0 Å². The molecule has 0 aliphatic heterocycles. The Hall–Kier alpha value is -1.19. The Morgan fingerprint density at radius 2 is 2.00 bits per heavy atom. The van der Waals surface area contributed by atoms with Gasteiger partial charge in [-0.15, -0.1) is 0 Å². The van der Waals surface area contributed by atoms with Crippen molar-refractivity contribution in [3.8, 4) is 0 Å². The molecule has 3 aliphatic carbocycles. The molecule has 3 fully saturated rings. The van der Waals surface area contributed by atoms with Crippen molar-refractivity contribution in [2.45, 2.75) is 40.0 Å². The number of hydrogen-bond acceptors (Lipinski definition) is 3. The van der Waals surface area contributed by atoms with E-state index in [0.717, 1.165) is 6.42 Å². The molecule has 4 nitrogen and oxygen atoms in total. The Labute approximate surface area is 112 Å². The van der Waals surface area contributed by atoms with Gasteiger partial charge in [0.15, 0.2) is 0 Å². The zero-order chi connectivity index (χ0) is 14.2. The van der Waals surface area contributed by atoms with Crippen LogP contribution in [0.3, 0.4) is 0 Å². The molecule has 0 radical (unpaired) electrons. The Bertz CT molecular complexity index is 496. The fraction of sp³-hybridized carbons (Fsp3) is 0.800. The van der Waals surface area contributed by atoms with Crippen LogP contribution >= 0.6 is 0 Å². The molecule has 0 aromatic carbocycles. The molecular weight excluding hydrogens is 244 g/mol. The smallest absolute Gasteiger partial charge is 0.307 e. The number of carbonyl (C=O) groups excluding carboxylic acids is 2. The monoisotopic (exact) mass is 264 g/mol. The first-order valence-electron chi connectivity index (χ1n) is 7.06. The summed E-state index contributed by atoms with van der Waals surface area (Å²) in [7, 11) is 0. The molecule has 0 aromatic heterocycles. The molecule has 19 heavy (non-hydrogen) atoms. The van der Waals surface area contributed by atoms with E-state index in [4.69, 9.17) is 0 Å². The van der Waals surface area contributed by atoms with E-state index in [1.165, 1.54) is 0 Å². The molecule has 0 unspecified atom stereocenters. The number of carbonyl (C=O) groups is 3. The van der Waals surface area contributed by atoms with Crippen LogP contribution in [0.15, 0.2) is 0 Å². The van der Waals surface area contributed by atoms with Crippen LogP contribution in [-0.2, 0) is 14.4 Å². The number of rotatable bonds is 2. The molecule has 3 saturated carbocycles. The number of hydrogen-bond donors (Lipinski definition) is 1. The lowest BCUT2D eigenvalue weighted by Gasteiger charge is -2.47. The van der Waals surface area contributed by atoms with E-state index in [9.17, 15) is 19.5 Å². The summed E-state index contributed by atoms with van der Waals surface area (Å²) in [5, 5.41) is 9.39. The number of Topliss-reactive ketones (excluding diaryl/α,β-unsaturated/α-hetero) is 2. The van der Waals surface area contributed by atoms with E-state index >= 15 is 0 Å².